The normalized spacial score (nSPS) is 35.0. The second kappa shape index (κ2) is 17.1. The van der Waals surface area contributed by atoms with Gasteiger partial charge >= 0.3 is 47.8 Å². The average Bonchev–Trinajstić information content (AvgIpc) is 3.41. The molecule has 2 aromatic rings. The van der Waals surface area contributed by atoms with Crippen LogP contribution in [0.15, 0.2) is 48.8 Å². The number of carbonyl (C=O) groups is 8. The second-order valence-corrected chi connectivity index (χ2v) is 16.5. The molecule has 1 aromatic carbocycles. The first-order valence-electron chi connectivity index (χ1n) is 19.9. The highest BCUT2D eigenvalue weighted by molar-refractivity contribution is 5.91. The van der Waals surface area contributed by atoms with Crippen LogP contribution in [-0.4, -0.2) is 124 Å². The largest absolute Gasteiger partial charge is 0.465 e. The Hall–Kier alpha value is -5.95. The van der Waals surface area contributed by atoms with Crippen molar-refractivity contribution in [1.29, 1.82) is 0 Å². The highest BCUT2D eigenvalue weighted by Gasteiger charge is 2.92. The fourth-order valence-corrected chi connectivity index (χ4v) is 9.75. The predicted molar refractivity (Wildman–Crippen MR) is 205 cm³/mol. The molecular weight excluding hydrogens is 818 g/mol. The van der Waals surface area contributed by atoms with Gasteiger partial charge in [-0.15, -0.1) is 0 Å². The highest BCUT2D eigenvalue weighted by atomic mass is 16.7. The van der Waals surface area contributed by atoms with Gasteiger partial charge in [-0.1, -0.05) is 25.1 Å². The lowest BCUT2D eigenvalue weighted by Gasteiger charge is -2.67. The van der Waals surface area contributed by atoms with Crippen LogP contribution >= 0.6 is 0 Å². The summed E-state index contributed by atoms with van der Waals surface area (Å²) in [5.74, 6) is -10.6. The van der Waals surface area contributed by atoms with Crippen LogP contribution in [0.5, 0.6) is 0 Å². The molecule has 1 N–H and O–H groups in total. The zero-order valence-corrected chi connectivity index (χ0v) is 35.4. The average molecular weight is 868 g/mol. The minimum atomic E-state index is -2.85. The molecule has 2 aliphatic carbocycles. The standard InChI is InChI=1S/C43H49NO18/c1-21-14-15-27-16-17-44-18-29(27)39(52)55-19-40(7)30-31(56-23(3)46)35(58-25(5)48)42(20-54-22(2)45)36(59-26(6)49)32(60-38(51)28-12-10-9-11-13-28)34(61-37(21)50)41(8,53)43(42,62-40)33(30)57-24(4)47/h9-13,16-18,21,30-36,53H,14-15,19-20H2,1-8H3/t21-,30-,31+,32+,33-,34+,35-,36+,40+,41+,42-,43+/m1/s1. The Balaban J connectivity index is 1.77. The van der Waals surface area contributed by atoms with Crippen LogP contribution < -0.4 is 0 Å². The van der Waals surface area contributed by atoms with Crippen LogP contribution in [-0.2, 0) is 77.8 Å². The van der Waals surface area contributed by atoms with Crippen molar-refractivity contribution in [2.24, 2.45) is 17.3 Å². The van der Waals surface area contributed by atoms with Gasteiger partial charge in [0.1, 0.15) is 42.0 Å². The summed E-state index contributed by atoms with van der Waals surface area (Å²) < 4.78 is 55.3. The number of pyridine rings is 1. The number of rotatable bonds is 8. The summed E-state index contributed by atoms with van der Waals surface area (Å²) in [6, 6.07) is 9.03. The molecule has 3 fully saturated rings. The SMILES string of the molecule is CC(=O)OC[C@]12[C@H](OC(C)=O)[C@@H](OC(C)=O)[C@@H]3[C@@H](OC(C)=O)[C@@]14O[C@@]3(C)COC(=O)c1cnccc1CC[C@@H](C)C(=O)O[C@@H]([C@H](OC(=O)c1ccccc1)[C@@H]2OC(C)=O)[C@]4(C)O. The maximum absolute atomic E-state index is 14.4. The number of aromatic nitrogens is 1. The van der Waals surface area contributed by atoms with Crippen molar-refractivity contribution in [2.45, 2.75) is 122 Å². The summed E-state index contributed by atoms with van der Waals surface area (Å²) in [4.78, 5) is 113. The van der Waals surface area contributed by atoms with Crippen LogP contribution in [0.1, 0.15) is 88.1 Å². The van der Waals surface area contributed by atoms with E-state index in [9.17, 15) is 43.5 Å². The van der Waals surface area contributed by atoms with E-state index in [1.54, 1.807) is 12.1 Å². The van der Waals surface area contributed by atoms with E-state index in [4.69, 9.17) is 42.6 Å². The second-order valence-electron chi connectivity index (χ2n) is 16.5. The number of hydrogen-bond donors (Lipinski definition) is 1. The third-order valence-electron chi connectivity index (χ3n) is 12.1. The summed E-state index contributed by atoms with van der Waals surface area (Å²) >= 11 is 0. The number of fused-ring (bicyclic) bond motifs is 5. The maximum Gasteiger partial charge on any atom is 0.340 e. The number of benzene rings is 1. The molecule has 19 heteroatoms. The molecule has 3 heterocycles. The fourth-order valence-electron chi connectivity index (χ4n) is 9.75. The summed E-state index contributed by atoms with van der Waals surface area (Å²) in [5.41, 5.74) is -9.92. The number of aliphatic hydroxyl groups is 1. The number of nitrogens with zero attached hydrogens (tertiary/aromatic N) is 1. The molecule has 4 aliphatic rings. The van der Waals surface area contributed by atoms with Gasteiger partial charge in [0.15, 0.2) is 30.0 Å². The van der Waals surface area contributed by atoms with Crippen molar-refractivity contribution in [3.8, 4) is 0 Å². The molecular formula is C43H49NO18. The van der Waals surface area contributed by atoms with Crippen LogP contribution in [0.3, 0.4) is 0 Å². The van der Waals surface area contributed by atoms with E-state index in [2.05, 4.69) is 4.98 Å². The molecule has 12 atom stereocenters. The first-order valence-corrected chi connectivity index (χ1v) is 19.9. The Morgan fingerprint density at radius 2 is 1.39 bits per heavy atom. The van der Waals surface area contributed by atoms with Gasteiger partial charge in [-0.2, -0.15) is 0 Å². The molecule has 19 nitrogen and oxygen atoms in total. The molecule has 1 spiro atoms. The van der Waals surface area contributed by atoms with E-state index in [0.29, 0.717) is 5.56 Å². The van der Waals surface area contributed by atoms with Gasteiger partial charge in [-0.25, -0.2) is 9.59 Å². The molecule has 0 unspecified atom stereocenters. The summed E-state index contributed by atoms with van der Waals surface area (Å²) in [6.07, 6.45) is -9.25. The summed E-state index contributed by atoms with van der Waals surface area (Å²) in [7, 11) is 0. The van der Waals surface area contributed by atoms with Crippen molar-refractivity contribution >= 4 is 47.8 Å². The molecule has 0 amide bonds. The quantitative estimate of drug-likeness (QED) is 0.295. The van der Waals surface area contributed by atoms with Crippen LogP contribution in [0.25, 0.3) is 0 Å². The third kappa shape index (κ3) is 7.76. The van der Waals surface area contributed by atoms with Crippen molar-refractivity contribution < 1.29 is 86.1 Å². The van der Waals surface area contributed by atoms with Crippen molar-refractivity contribution in [2.75, 3.05) is 13.2 Å². The number of hydrogen-bond acceptors (Lipinski definition) is 19. The summed E-state index contributed by atoms with van der Waals surface area (Å²) in [6.45, 7) is 7.18. The van der Waals surface area contributed by atoms with E-state index in [-0.39, 0.29) is 24.0 Å². The Morgan fingerprint density at radius 1 is 0.790 bits per heavy atom. The lowest BCUT2D eigenvalue weighted by atomic mass is 9.45. The predicted octanol–water partition coefficient (Wildman–Crippen LogP) is 2.16. The van der Waals surface area contributed by atoms with E-state index < -0.39 is 132 Å². The van der Waals surface area contributed by atoms with Gasteiger partial charge in [0, 0.05) is 47.0 Å². The maximum atomic E-state index is 14.4. The van der Waals surface area contributed by atoms with Gasteiger partial charge in [-0.05, 0) is 50.5 Å². The van der Waals surface area contributed by atoms with Gasteiger partial charge in [0.2, 0.25) is 0 Å². The van der Waals surface area contributed by atoms with Crippen LogP contribution in [0.2, 0.25) is 0 Å². The lowest BCUT2D eigenvalue weighted by Crippen LogP contribution is -2.89. The van der Waals surface area contributed by atoms with Gasteiger partial charge in [-0.3, -0.25) is 33.8 Å². The van der Waals surface area contributed by atoms with Crippen molar-refractivity contribution in [3.05, 3.63) is 65.5 Å². The van der Waals surface area contributed by atoms with Gasteiger partial charge < -0.3 is 47.7 Å². The van der Waals surface area contributed by atoms with E-state index >= 15 is 0 Å². The highest BCUT2D eigenvalue weighted by Crippen LogP contribution is 2.70. The van der Waals surface area contributed by atoms with Crippen LogP contribution in [0, 0.1) is 17.3 Å². The third-order valence-corrected chi connectivity index (χ3v) is 12.1. The number of ether oxygens (including phenoxy) is 9. The minimum Gasteiger partial charge on any atom is -0.465 e. The number of esters is 8. The monoisotopic (exact) mass is 867 g/mol. The molecule has 1 saturated heterocycles. The molecule has 4 bridgehead atoms. The van der Waals surface area contributed by atoms with E-state index in [0.717, 1.165) is 41.5 Å². The van der Waals surface area contributed by atoms with Crippen LogP contribution in [0.4, 0.5) is 0 Å². The molecule has 2 saturated carbocycles. The zero-order chi connectivity index (χ0) is 45.5. The first-order chi connectivity index (χ1) is 29.1. The van der Waals surface area contributed by atoms with E-state index in [1.165, 1.54) is 50.5 Å². The molecule has 6 rings (SSSR count). The van der Waals surface area contributed by atoms with Gasteiger partial charge in [0.25, 0.3) is 0 Å². The van der Waals surface area contributed by atoms with Crippen molar-refractivity contribution in [3.63, 3.8) is 0 Å². The molecule has 334 valence electrons. The number of cyclic esters (lactones) is 1. The number of aryl methyl sites for hydroxylation is 1. The minimum absolute atomic E-state index is 0.0225. The molecule has 0 radical (unpaired) electrons. The topological polar surface area (TPSA) is 253 Å². The molecule has 2 aliphatic heterocycles. The Bertz CT molecular complexity index is 2140. The fraction of sp³-hybridized carbons (Fsp3) is 0.558. The lowest BCUT2D eigenvalue weighted by molar-refractivity contribution is -0.386. The number of carbonyl (C=O) groups excluding carboxylic acids is 8. The first kappa shape index (κ1) is 45.6. The molecule has 1 aromatic heterocycles. The van der Waals surface area contributed by atoms with E-state index in [1.807, 2.05) is 0 Å². The summed E-state index contributed by atoms with van der Waals surface area (Å²) in [5, 5.41) is 13.6. The smallest absolute Gasteiger partial charge is 0.340 e. The Morgan fingerprint density at radius 3 is 1.98 bits per heavy atom. The Kier molecular flexibility index (Phi) is 12.6. The Labute approximate surface area is 355 Å². The van der Waals surface area contributed by atoms with Gasteiger partial charge in [0.05, 0.1) is 23.0 Å². The molecule has 62 heavy (non-hydrogen) atoms. The zero-order valence-electron chi connectivity index (χ0n) is 35.4. The van der Waals surface area contributed by atoms with Crippen molar-refractivity contribution in [1.82, 2.24) is 4.98 Å².